The third-order valence-electron chi connectivity index (χ3n) is 2.22. The molecule has 0 aromatic heterocycles. The predicted molar refractivity (Wildman–Crippen MR) is 74.0 cm³/mol. The average Bonchev–Trinajstić information content (AvgIpc) is 2.17. The van der Waals surface area contributed by atoms with Crippen molar-refractivity contribution in [2.24, 2.45) is 0 Å². The Labute approximate surface area is 100 Å². The highest BCUT2D eigenvalue weighted by atomic mass is 28.3. The van der Waals surface area contributed by atoms with Crippen LogP contribution in [0.4, 0.5) is 0 Å². The largest absolute Gasteiger partial charge is 0.292 e. The molecule has 0 saturated heterocycles. The van der Waals surface area contributed by atoms with E-state index in [4.69, 9.17) is 0 Å². The van der Waals surface area contributed by atoms with E-state index in [1.165, 1.54) is 5.56 Å². The zero-order valence-electron chi connectivity index (χ0n) is 10.9. The number of hydrogen-bond acceptors (Lipinski definition) is 1. The van der Waals surface area contributed by atoms with Crippen molar-refractivity contribution in [2.45, 2.75) is 25.7 Å². The molecule has 1 aromatic carbocycles. The van der Waals surface area contributed by atoms with Gasteiger partial charge in [0.2, 0.25) is 0 Å². The maximum atomic E-state index is 3.45. The second-order valence-electron chi connectivity index (χ2n) is 5.30. The van der Waals surface area contributed by atoms with E-state index in [1.54, 1.807) is 0 Å². The van der Waals surface area contributed by atoms with Crippen molar-refractivity contribution >= 4 is 8.07 Å². The van der Waals surface area contributed by atoms with E-state index >= 15 is 0 Å². The fourth-order valence-electron chi connectivity index (χ4n) is 1.43. The van der Waals surface area contributed by atoms with Crippen LogP contribution in [0.15, 0.2) is 30.3 Å². The molecule has 0 unspecified atom stereocenters. The highest BCUT2D eigenvalue weighted by Crippen LogP contribution is 2.16. The standard InChI is InChI=1S/C14H21NSi/c1-15(2)14(11-12-16(3,4)5)13-9-7-6-8-10-13/h6-10,14H,1-5H3/t14-/m0/s1. The monoisotopic (exact) mass is 231 g/mol. The van der Waals surface area contributed by atoms with E-state index in [9.17, 15) is 0 Å². The van der Waals surface area contributed by atoms with E-state index < -0.39 is 8.07 Å². The van der Waals surface area contributed by atoms with E-state index in [0.717, 1.165) is 0 Å². The third-order valence-corrected chi connectivity index (χ3v) is 3.11. The summed E-state index contributed by atoms with van der Waals surface area (Å²) in [6.07, 6.45) is 0. The number of benzene rings is 1. The first kappa shape index (κ1) is 13.0. The summed E-state index contributed by atoms with van der Waals surface area (Å²) in [7, 11) is 2.87. The molecule has 1 nitrogen and oxygen atoms in total. The van der Waals surface area contributed by atoms with Crippen molar-refractivity contribution in [2.75, 3.05) is 14.1 Å². The Balaban J connectivity index is 2.97. The molecule has 0 amide bonds. The molecule has 0 heterocycles. The average molecular weight is 231 g/mol. The minimum Gasteiger partial charge on any atom is -0.292 e. The molecule has 0 N–H and O–H groups in total. The Morgan fingerprint density at radius 2 is 1.62 bits per heavy atom. The van der Waals surface area contributed by atoms with Gasteiger partial charge in [0, 0.05) is 0 Å². The summed E-state index contributed by atoms with van der Waals surface area (Å²) in [6, 6.07) is 10.7. The molecule has 1 atom stereocenters. The SMILES string of the molecule is CN(C)[C@@H](C#C[Si](C)(C)C)c1ccccc1. The Morgan fingerprint density at radius 1 is 1.06 bits per heavy atom. The smallest absolute Gasteiger partial charge is 0.129 e. The molecule has 16 heavy (non-hydrogen) atoms. The van der Waals surface area contributed by atoms with Crippen LogP contribution in [0.3, 0.4) is 0 Å². The lowest BCUT2D eigenvalue weighted by atomic mass is 10.1. The number of rotatable bonds is 2. The lowest BCUT2D eigenvalue weighted by Gasteiger charge is -2.20. The fourth-order valence-corrected chi connectivity index (χ4v) is 2.00. The third kappa shape index (κ3) is 4.22. The summed E-state index contributed by atoms with van der Waals surface area (Å²) in [4.78, 5) is 2.17. The van der Waals surface area contributed by atoms with Gasteiger partial charge in [0.15, 0.2) is 0 Å². The molecule has 2 heteroatoms. The molecule has 0 aliphatic heterocycles. The molecule has 0 fully saturated rings. The molecular formula is C14H21NSi. The molecule has 86 valence electrons. The minimum atomic E-state index is -1.29. The molecular weight excluding hydrogens is 210 g/mol. The number of hydrogen-bond donors (Lipinski definition) is 0. The molecule has 0 aliphatic carbocycles. The Hall–Kier alpha value is -1.04. The summed E-state index contributed by atoms with van der Waals surface area (Å²) in [5.74, 6) is 3.41. The Morgan fingerprint density at radius 3 is 2.06 bits per heavy atom. The van der Waals surface area contributed by atoms with Gasteiger partial charge in [-0.15, -0.1) is 5.54 Å². The van der Waals surface area contributed by atoms with E-state index in [1.807, 2.05) is 6.07 Å². The van der Waals surface area contributed by atoms with Crippen LogP contribution in [-0.2, 0) is 0 Å². The van der Waals surface area contributed by atoms with Crippen molar-refractivity contribution in [3.63, 3.8) is 0 Å². The van der Waals surface area contributed by atoms with Crippen LogP contribution < -0.4 is 0 Å². The first-order chi connectivity index (χ1) is 7.40. The number of nitrogens with zero attached hydrogens (tertiary/aromatic N) is 1. The van der Waals surface area contributed by atoms with Crippen LogP contribution in [0, 0.1) is 11.5 Å². The van der Waals surface area contributed by atoms with Gasteiger partial charge >= 0.3 is 0 Å². The highest BCUT2D eigenvalue weighted by molar-refractivity contribution is 6.83. The summed E-state index contributed by atoms with van der Waals surface area (Å²) < 4.78 is 0. The molecule has 0 bridgehead atoms. The highest BCUT2D eigenvalue weighted by Gasteiger charge is 2.12. The van der Waals surface area contributed by atoms with Gasteiger partial charge in [-0.1, -0.05) is 55.9 Å². The van der Waals surface area contributed by atoms with E-state index in [2.05, 4.69) is 74.4 Å². The second-order valence-corrected chi connectivity index (χ2v) is 10.0. The molecule has 0 saturated carbocycles. The second kappa shape index (κ2) is 5.34. The zero-order valence-corrected chi connectivity index (χ0v) is 11.9. The van der Waals surface area contributed by atoms with Crippen LogP contribution in [0.1, 0.15) is 11.6 Å². The maximum absolute atomic E-state index is 3.45. The lowest BCUT2D eigenvalue weighted by Crippen LogP contribution is -2.21. The van der Waals surface area contributed by atoms with Gasteiger partial charge in [-0.3, -0.25) is 4.90 Å². The van der Waals surface area contributed by atoms with E-state index in [0.29, 0.717) is 0 Å². The Bertz CT molecular complexity index is 379. The van der Waals surface area contributed by atoms with Gasteiger partial charge in [0.25, 0.3) is 0 Å². The van der Waals surface area contributed by atoms with E-state index in [-0.39, 0.29) is 6.04 Å². The summed E-state index contributed by atoms with van der Waals surface area (Å²) in [6.45, 7) is 6.83. The normalized spacial score (nSPS) is 13.1. The molecule has 0 spiro atoms. The summed E-state index contributed by atoms with van der Waals surface area (Å²) in [5, 5.41) is 0. The first-order valence-corrected chi connectivity index (χ1v) is 9.14. The first-order valence-electron chi connectivity index (χ1n) is 5.64. The van der Waals surface area contributed by atoms with Crippen LogP contribution in [0.2, 0.25) is 19.6 Å². The van der Waals surface area contributed by atoms with Crippen LogP contribution in [-0.4, -0.2) is 27.1 Å². The Kier molecular flexibility index (Phi) is 4.34. The maximum Gasteiger partial charge on any atom is 0.129 e. The van der Waals surface area contributed by atoms with Gasteiger partial charge in [0.1, 0.15) is 8.07 Å². The molecule has 0 aliphatic rings. The van der Waals surface area contributed by atoms with Crippen LogP contribution in [0.5, 0.6) is 0 Å². The molecule has 1 rings (SSSR count). The van der Waals surface area contributed by atoms with Crippen molar-refractivity contribution in [1.29, 1.82) is 0 Å². The van der Waals surface area contributed by atoms with Crippen molar-refractivity contribution in [1.82, 2.24) is 4.90 Å². The molecule has 1 aromatic rings. The molecule has 0 radical (unpaired) electrons. The predicted octanol–water partition coefficient (Wildman–Crippen LogP) is 3.17. The zero-order chi connectivity index (χ0) is 12.2. The van der Waals surface area contributed by atoms with Crippen LogP contribution >= 0.6 is 0 Å². The van der Waals surface area contributed by atoms with Crippen LogP contribution in [0.25, 0.3) is 0 Å². The quantitative estimate of drug-likeness (QED) is 0.558. The van der Waals surface area contributed by atoms with Crippen molar-refractivity contribution in [3.8, 4) is 11.5 Å². The van der Waals surface area contributed by atoms with Gasteiger partial charge in [-0.2, -0.15) is 0 Å². The lowest BCUT2D eigenvalue weighted by molar-refractivity contribution is 0.361. The summed E-state index contributed by atoms with van der Waals surface area (Å²) in [5.41, 5.74) is 4.73. The van der Waals surface area contributed by atoms with Gasteiger partial charge in [0.05, 0.1) is 6.04 Å². The minimum absolute atomic E-state index is 0.216. The van der Waals surface area contributed by atoms with Crippen molar-refractivity contribution < 1.29 is 0 Å². The topological polar surface area (TPSA) is 3.24 Å². The van der Waals surface area contributed by atoms with Crippen molar-refractivity contribution in [3.05, 3.63) is 35.9 Å². The summed E-state index contributed by atoms with van der Waals surface area (Å²) >= 11 is 0. The fraction of sp³-hybridized carbons (Fsp3) is 0.429. The van der Waals surface area contributed by atoms with Gasteiger partial charge < -0.3 is 0 Å². The van der Waals surface area contributed by atoms with Gasteiger partial charge in [-0.25, -0.2) is 0 Å². The van der Waals surface area contributed by atoms with Gasteiger partial charge in [-0.05, 0) is 19.7 Å².